The van der Waals surface area contributed by atoms with E-state index in [1.54, 1.807) is 17.5 Å². The van der Waals surface area contributed by atoms with E-state index in [4.69, 9.17) is 5.73 Å². The van der Waals surface area contributed by atoms with Gasteiger partial charge in [-0.05, 0) is 32.6 Å². The summed E-state index contributed by atoms with van der Waals surface area (Å²) >= 11 is 1.56. The Morgan fingerprint density at radius 2 is 2.20 bits per heavy atom. The fraction of sp³-hybridized carbons (Fsp3) is 0.692. The van der Waals surface area contributed by atoms with E-state index in [0.717, 1.165) is 24.3 Å². The maximum Gasteiger partial charge on any atom is 0.221 e. The molecule has 4 nitrogen and oxygen atoms in total. The summed E-state index contributed by atoms with van der Waals surface area (Å²) in [4.78, 5) is 16.3. The van der Waals surface area contributed by atoms with Gasteiger partial charge in [0.2, 0.25) is 5.91 Å². The molecule has 0 bridgehead atoms. The van der Waals surface area contributed by atoms with Crippen LogP contribution < -0.4 is 11.1 Å². The summed E-state index contributed by atoms with van der Waals surface area (Å²) in [5, 5.41) is 5.92. The lowest BCUT2D eigenvalue weighted by molar-refractivity contribution is -0.123. The number of hydrogen-bond acceptors (Lipinski definition) is 4. The van der Waals surface area contributed by atoms with E-state index in [9.17, 15) is 4.79 Å². The molecule has 1 heterocycles. The Morgan fingerprint density at radius 3 is 2.70 bits per heavy atom. The second-order valence-electron chi connectivity index (χ2n) is 5.57. The van der Waals surface area contributed by atoms with Crippen molar-refractivity contribution in [1.82, 2.24) is 10.3 Å². The molecule has 1 fully saturated rings. The van der Waals surface area contributed by atoms with E-state index in [2.05, 4.69) is 10.3 Å². The number of aromatic nitrogens is 1. The normalized spacial score (nSPS) is 21.8. The van der Waals surface area contributed by atoms with Gasteiger partial charge in [-0.2, -0.15) is 0 Å². The van der Waals surface area contributed by atoms with Crippen LogP contribution >= 0.6 is 36.2 Å². The average Bonchev–Trinajstić information content (AvgIpc) is 2.90. The highest BCUT2D eigenvalue weighted by atomic mass is 35.5. The van der Waals surface area contributed by atoms with E-state index in [-0.39, 0.29) is 36.8 Å². The lowest BCUT2D eigenvalue weighted by Crippen LogP contribution is -2.42. The number of carbonyl (C=O) groups is 1. The monoisotopic (exact) mass is 339 g/mol. The molecule has 1 aliphatic carbocycles. The molecular weight excluding hydrogens is 317 g/mol. The molecule has 116 valence electrons. The lowest BCUT2D eigenvalue weighted by atomic mass is 9.98. The Morgan fingerprint density at radius 1 is 1.50 bits per heavy atom. The maximum atomic E-state index is 12.1. The molecule has 0 spiro atoms. The summed E-state index contributed by atoms with van der Waals surface area (Å²) in [6.07, 6.45) is 5.58. The third-order valence-electron chi connectivity index (χ3n) is 3.58. The predicted molar refractivity (Wildman–Crippen MR) is 87.7 cm³/mol. The molecule has 0 aliphatic heterocycles. The number of carbonyl (C=O) groups excluding carboxylic acids is 1. The SMILES string of the molecule is CC(C)(NC(=O)C[C@@H]1CCC[C@H]1N)c1nccs1.Cl.Cl. The van der Waals surface area contributed by atoms with Gasteiger partial charge in [-0.1, -0.05) is 6.42 Å². The van der Waals surface area contributed by atoms with Crippen LogP contribution in [0.3, 0.4) is 0 Å². The summed E-state index contributed by atoms with van der Waals surface area (Å²) in [5.41, 5.74) is 5.60. The first-order valence-corrected chi connectivity index (χ1v) is 7.33. The topological polar surface area (TPSA) is 68.0 Å². The fourth-order valence-corrected chi connectivity index (χ4v) is 3.26. The van der Waals surface area contributed by atoms with Gasteiger partial charge in [0.05, 0.1) is 5.54 Å². The fourth-order valence-electron chi connectivity index (χ4n) is 2.54. The largest absolute Gasteiger partial charge is 0.345 e. The number of nitrogens with one attached hydrogen (secondary N) is 1. The van der Waals surface area contributed by atoms with E-state index in [1.165, 1.54) is 0 Å². The molecule has 0 radical (unpaired) electrons. The van der Waals surface area contributed by atoms with Crippen LogP contribution in [0.25, 0.3) is 0 Å². The van der Waals surface area contributed by atoms with Crippen molar-refractivity contribution in [3.63, 3.8) is 0 Å². The Labute approximate surface area is 136 Å². The van der Waals surface area contributed by atoms with Crippen LogP contribution in [0.15, 0.2) is 11.6 Å². The van der Waals surface area contributed by atoms with E-state index >= 15 is 0 Å². The molecule has 2 atom stereocenters. The van der Waals surface area contributed by atoms with Crippen LogP contribution in [0.4, 0.5) is 0 Å². The van der Waals surface area contributed by atoms with E-state index in [0.29, 0.717) is 12.3 Å². The number of rotatable bonds is 4. The second-order valence-corrected chi connectivity index (χ2v) is 6.46. The van der Waals surface area contributed by atoms with Crippen molar-refractivity contribution in [2.75, 3.05) is 0 Å². The minimum absolute atomic E-state index is 0. The number of hydrogen-bond donors (Lipinski definition) is 2. The summed E-state index contributed by atoms with van der Waals surface area (Å²) in [6, 6.07) is 0.193. The number of amides is 1. The highest BCUT2D eigenvalue weighted by Gasteiger charge is 2.30. The van der Waals surface area contributed by atoms with E-state index in [1.807, 2.05) is 19.2 Å². The van der Waals surface area contributed by atoms with Gasteiger partial charge in [-0.15, -0.1) is 36.2 Å². The van der Waals surface area contributed by atoms with Crippen molar-refractivity contribution in [3.05, 3.63) is 16.6 Å². The van der Waals surface area contributed by atoms with E-state index < -0.39 is 5.54 Å². The van der Waals surface area contributed by atoms with Crippen molar-refractivity contribution >= 4 is 42.1 Å². The van der Waals surface area contributed by atoms with Crippen LogP contribution in [0.2, 0.25) is 0 Å². The van der Waals surface area contributed by atoms with Crippen LogP contribution in [0.5, 0.6) is 0 Å². The third-order valence-corrected chi connectivity index (χ3v) is 4.68. The highest BCUT2D eigenvalue weighted by molar-refractivity contribution is 7.09. The average molecular weight is 340 g/mol. The van der Waals surface area contributed by atoms with Gasteiger partial charge in [0, 0.05) is 24.0 Å². The number of nitrogens with zero attached hydrogens (tertiary/aromatic N) is 1. The molecule has 1 saturated carbocycles. The quantitative estimate of drug-likeness (QED) is 0.886. The molecule has 7 heteroatoms. The summed E-state index contributed by atoms with van der Waals surface area (Å²) in [7, 11) is 0. The molecule has 2 rings (SSSR count). The smallest absolute Gasteiger partial charge is 0.221 e. The summed E-state index contributed by atoms with van der Waals surface area (Å²) in [6.45, 7) is 3.97. The molecule has 0 saturated heterocycles. The summed E-state index contributed by atoms with van der Waals surface area (Å²) < 4.78 is 0. The van der Waals surface area contributed by atoms with Crippen LogP contribution in [0, 0.1) is 5.92 Å². The molecule has 0 aromatic carbocycles. The van der Waals surface area contributed by atoms with Gasteiger partial charge in [0.25, 0.3) is 0 Å². The third kappa shape index (κ3) is 4.88. The number of thiazole rings is 1. The molecule has 1 amide bonds. The van der Waals surface area contributed by atoms with Gasteiger partial charge < -0.3 is 11.1 Å². The maximum absolute atomic E-state index is 12.1. The lowest BCUT2D eigenvalue weighted by Gasteiger charge is -2.25. The van der Waals surface area contributed by atoms with Crippen LogP contribution in [-0.2, 0) is 10.3 Å². The highest BCUT2D eigenvalue weighted by Crippen LogP contribution is 2.28. The van der Waals surface area contributed by atoms with Crippen LogP contribution in [-0.4, -0.2) is 16.9 Å². The Balaban J connectivity index is 0.00000180. The standard InChI is InChI=1S/C13H21N3OS.2ClH/c1-13(2,12-15-6-7-18-12)16-11(17)8-9-4-3-5-10(9)14;;/h6-7,9-10H,3-5,8,14H2,1-2H3,(H,16,17);2*1H/t9-,10+;;/m0../s1. The molecule has 1 aliphatic rings. The second kappa shape index (κ2) is 8.17. The van der Waals surface area contributed by atoms with Crippen molar-refractivity contribution in [2.24, 2.45) is 11.7 Å². The molecule has 3 N–H and O–H groups in total. The first kappa shape index (κ1) is 19.6. The Hall–Kier alpha value is -0.360. The minimum atomic E-state index is -0.395. The predicted octanol–water partition coefficient (Wildman–Crippen LogP) is 2.86. The van der Waals surface area contributed by atoms with Crippen molar-refractivity contribution in [1.29, 1.82) is 0 Å². The van der Waals surface area contributed by atoms with Gasteiger partial charge in [-0.25, -0.2) is 4.98 Å². The van der Waals surface area contributed by atoms with Crippen molar-refractivity contribution in [3.8, 4) is 0 Å². The molecule has 20 heavy (non-hydrogen) atoms. The molecule has 0 unspecified atom stereocenters. The summed E-state index contributed by atoms with van der Waals surface area (Å²) in [5.74, 6) is 0.426. The zero-order chi connectivity index (χ0) is 13.2. The molecule has 1 aromatic heterocycles. The van der Waals surface area contributed by atoms with Gasteiger partial charge in [0.1, 0.15) is 5.01 Å². The minimum Gasteiger partial charge on any atom is -0.345 e. The number of nitrogens with two attached hydrogens (primary N) is 1. The van der Waals surface area contributed by atoms with Crippen LogP contribution in [0.1, 0.15) is 44.5 Å². The first-order valence-electron chi connectivity index (χ1n) is 6.45. The Bertz CT molecular complexity index is 412. The van der Waals surface area contributed by atoms with Gasteiger partial charge in [-0.3, -0.25) is 4.79 Å². The zero-order valence-corrected chi connectivity index (χ0v) is 14.2. The van der Waals surface area contributed by atoms with Gasteiger partial charge >= 0.3 is 0 Å². The van der Waals surface area contributed by atoms with Gasteiger partial charge in [0.15, 0.2) is 0 Å². The Kier molecular flexibility index (Phi) is 8.03. The first-order chi connectivity index (χ1) is 8.49. The van der Waals surface area contributed by atoms with Crippen molar-refractivity contribution < 1.29 is 4.79 Å². The number of halogens is 2. The molecule has 1 aromatic rings. The zero-order valence-electron chi connectivity index (χ0n) is 11.8. The molecular formula is C13H23Cl2N3OS. The van der Waals surface area contributed by atoms with Crippen molar-refractivity contribution in [2.45, 2.75) is 51.1 Å².